The topological polar surface area (TPSA) is 90.3 Å². The summed E-state index contributed by atoms with van der Waals surface area (Å²) >= 11 is 0. The second kappa shape index (κ2) is 9.17. The van der Waals surface area contributed by atoms with Crippen molar-refractivity contribution in [1.29, 1.82) is 0 Å². The van der Waals surface area contributed by atoms with Gasteiger partial charge in [0.15, 0.2) is 12.4 Å². The highest BCUT2D eigenvalue weighted by molar-refractivity contribution is 6.00. The number of nitrogens with one attached hydrogen (secondary N) is 1. The summed E-state index contributed by atoms with van der Waals surface area (Å²) in [6.45, 7) is 5.17. The van der Waals surface area contributed by atoms with Crippen LogP contribution in [0.15, 0.2) is 60.8 Å². The van der Waals surface area contributed by atoms with Gasteiger partial charge in [0.2, 0.25) is 5.91 Å². The Morgan fingerprint density at radius 1 is 0.967 bits per heavy atom. The third kappa shape index (κ3) is 5.00. The normalized spacial score (nSPS) is 10.7. The van der Waals surface area contributed by atoms with Gasteiger partial charge in [-0.3, -0.25) is 9.59 Å². The zero-order chi connectivity index (χ0) is 21.7. The lowest BCUT2D eigenvalue weighted by atomic mass is 10.1. The zero-order valence-corrected chi connectivity index (χ0v) is 17.1. The summed E-state index contributed by atoms with van der Waals surface area (Å²) in [5, 5.41) is 6.97. The maximum atomic E-state index is 12.3. The lowest BCUT2D eigenvalue weighted by molar-refractivity contribution is -0.118. The number of esters is 1. The third-order valence-corrected chi connectivity index (χ3v) is 4.51. The number of benzene rings is 2. The fourth-order valence-corrected chi connectivity index (χ4v) is 2.70. The number of rotatable bonds is 7. The van der Waals surface area contributed by atoms with Gasteiger partial charge in [-0.05, 0) is 61.5 Å². The number of carbonyl (C=O) groups excluding carboxylic acids is 3. The summed E-state index contributed by atoms with van der Waals surface area (Å²) in [5.41, 5.74) is 3.16. The van der Waals surface area contributed by atoms with Gasteiger partial charge in [0.25, 0.3) is 0 Å². The van der Waals surface area contributed by atoms with Crippen LogP contribution in [-0.2, 0) is 9.53 Å². The predicted molar refractivity (Wildman–Crippen MR) is 113 cm³/mol. The van der Waals surface area contributed by atoms with E-state index >= 15 is 0 Å². The Hall–Kier alpha value is -3.74. The Morgan fingerprint density at radius 2 is 1.60 bits per heavy atom. The minimum atomic E-state index is -0.576. The quantitative estimate of drug-likeness (QED) is 0.477. The Labute approximate surface area is 174 Å². The van der Waals surface area contributed by atoms with E-state index in [1.807, 2.05) is 13.0 Å². The van der Waals surface area contributed by atoms with E-state index in [2.05, 4.69) is 10.4 Å². The second-order valence-electron chi connectivity index (χ2n) is 7.15. The molecule has 0 bridgehead atoms. The number of hydrogen-bond donors (Lipinski definition) is 1. The molecular weight excluding hydrogens is 382 g/mol. The van der Waals surface area contributed by atoms with Gasteiger partial charge in [-0.2, -0.15) is 5.10 Å². The van der Waals surface area contributed by atoms with E-state index in [9.17, 15) is 14.4 Å². The Bertz CT molecular complexity index is 1050. The first-order valence-corrected chi connectivity index (χ1v) is 9.57. The van der Waals surface area contributed by atoms with Crippen LogP contribution >= 0.6 is 0 Å². The van der Waals surface area contributed by atoms with Crippen LogP contribution in [0.1, 0.15) is 40.3 Å². The lowest BCUT2D eigenvalue weighted by Gasteiger charge is -2.09. The summed E-state index contributed by atoms with van der Waals surface area (Å²) < 4.78 is 6.90. The number of aryl methyl sites for hydroxylation is 1. The molecule has 30 heavy (non-hydrogen) atoms. The number of Topliss-reactive ketones (excluding diaryl/α,β-unsaturated/α-hetero) is 1. The van der Waals surface area contributed by atoms with Crippen LogP contribution in [0.3, 0.4) is 0 Å². The molecule has 0 aliphatic carbocycles. The molecular formula is C23H23N3O4. The van der Waals surface area contributed by atoms with Gasteiger partial charge in [0, 0.05) is 29.1 Å². The van der Waals surface area contributed by atoms with Gasteiger partial charge in [0.05, 0.1) is 11.3 Å². The van der Waals surface area contributed by atoms with Crippen molar-refractivity contribution >= 4 is 23.3 Å². The van der Waals surface area contributed by atoms with Gasteiger partial charge in [-0.1, -0.05) is 13.8 Å². The molecule has 0 aliphatic heterocycles. The molecule has 0 aliphatic rings. The fraction of sp³-hybridized carbons (Fsp3) is 0.217. The molecule has 2 aromatic carbocycles. The van der Waals surface area contributed by atoms with Crippen LogP contribution in [-0.4, -0.2) is 34.0 Å². The molecule has 0 spiro atoms. The van der Waals surface area contributed by atoms with E-state index in [4.69, 9.17) is 4.74 Å². The maximum absolute atomic E-state index is 12.3. The van der Waals surface area contributed by atoms with E-state index in [-0.39, 0.29) is 24.2 Å². The minimum absolute atomic E-state index is 0.100. The molecule has 7 heteroatoms. The second-order valence-corrected chi connectivity index (χ2v) is 7.15. The van der Waals surface area contributed by atoms with Crippen molar-refractivity contribution in [2.24, 2.45) is 5.92 Å². The predicted octanol–water partition coefficient (Wildman–Crippen LogP) is 3.81. The van der Waals surface area contributed by atoms with Crippen molar-refractivity contribution in [3.8, 4) is 5.69 Å². The smallest absolute Gasteiger partial charge is 0.338 e. The number of ketones is 1. The number of ether oxygens (including phenoxy) is 1. The van der Waals surface area contributed by atoms with Gasteiger partial charge in [-0.15, -0.1) is 0 Å². The Kier molecular flexibility index (Phi) is 6.41. The fourth-order valence-electron chi connectivity index (χ4n) is 2.70. The van der Waals surface area contributed by atoms with Crippen molar-refractivity contribution in [3.05, 3.63) is 77.6 Å². The third-order valence-electron chi connectivity index (χ3n) is 4.51. The van der Waals surface area contributed by atoms with Crippen LogP contribution in [0.25, 0.3) is 5.69 Å². The van der Waals surface area contributed by atoms with Crippen LogP contribution in [0, 0.1) is 12.8 Å². The molecule has 0 saturated carbocycles. The summed E-state index contributed by atoms with van der Waals surface area (Å²) in [7, 11) is 0. The van der Waals surface area contributed by atoms with Crippen molar-refractivity contribution in [1.82, 2.24) is 9.78 Å². The molecule has 0 radical (unpaired) electrons. The highest BCUT2D eigenvalue weighted by Crippen LogP contribution is 2.14. The van der Waals surface area contributed by atoms with Gasteiger partial charge < -0.3 is 10.1 Å². The highest BCUT2D eigenvalue weighted by atomic mass is 16.5. The Morgan fingerprint density at radius 3 is 2.17 bits per heavy atom. The molecule has 7 nitrogen and oxygen atoms in total. The molecule has 0 saturated heterocycles. The van der Waals surface area contributed by atoms with E-state index < -0.39 is 5.97 Å². The largest absolute Gasteiger partial charge is 0.454 e. The SMILES string of the molecule is Cc1ccnn1-c1ccc(C(=O)OCC(=O)c2ccc(NC(=O)C(C)C)cc2)cc1. The van der Waals surface area contributed by atoms with E-state index in [0.717, 1.165) is 11.4 Å². The molecule has 1 N–H and O–H groups in total. The first-order chi connectivity index (χ1) is 14.3. The maximum Gasteiger partial charge on any atom is 0.338 e. The standard InChI is InChI=1S/C23H23N3O4/c1-15(2)22(28)25-19-8-4-17(5-9-19)21(27)14-30-23(29)18-6-10-20(11-7-18)26-16(3)12-13-24-26/h4-13,15H,14H2,1-3H3,(H,25,28). The summed E-state index contributed by atoms with van der Waals surface area (Å²) in [5.74, 6) is -1.14. The van der Waals surface area contributed by atoms with Crippen molar-refractivity contribution < 1.29 is 19.1 Å². The molecule has 0 fully saturated rings. The van der Waals surface area contributed by atoms with Crippen LogP contribution in [0.4, 0.5) is 5.69 Å². The number of nitrogens with zero attached hydrogens (tertiary/aromatic N) is 2. The summed E-state index contributed by atoms with van der Waals surface area (Å²) in [6.07, 6.45) is 1.70. The van der Waals surface area contributed by atoms with Gasteiger partial charge in [-0.25, -0.2) is 9.48 Å². The van der Waals surface area contributed by atoms with Gasteiger partial charge in [0.1, 0.15) is 0 Å². The molecule has 1 heterocycles. The molecule has 1 amide bonds. The summed E-state index contributed by atoms with van der Waals surface area (Å²) in [6, 6.07) is 15.2. The Balaban J connectivity index is 1.56. The van der Waals surface area contributed by atoms with Crippen molar-refractivity contribution in [2.75, 3.05) is 11.9 Å². The number of amides is 1. The number of carbonyl (C=O) groups is 3. The number of hydrogen-bond acceptors (Lipinski definition) is 5. The van der Waals surface area contributed by atoms with E-state index in [1.54, 1.807) is 73.3 Å². The monoisotopic (exact) mass is 405 g/mol. The molecule has 0 atom stereocenters. The first-order valence-electron chi connectivity index (χ1n) is 9.57. The average Bonchev–Trinajstić information content (AvgIpc) is 3.18. The zero-order valence-electron chi connectivity index (χ0n) is 17.1. The summed E-state index contributed by atoms with van der Waals surface area (Å²) in [4.78, 5) is 36.2. The van der Waals surface area contributed by atoms with Crippen molar-refractivity contribution in [3.63, 3.8) is 0 Å². The van der Waals surface area contributed by atoms with E-state index in [1.165, 1.54) is 0 Å². The highest BCUT2D eigenvalue weighted by Gasteiger charge is 2.13. The molecule has 154 valence electrons. The molecule has 3 rings (SSSR count). The number of aromatic nitrogens is 2. The van der Waals surface area contributed by atoms with Crippen LogP contribution < -0.4 is 5.32 Å². The van der Waals surface area contributed by atoms with E-state index in [0.29, 0.717) is 16.8 Å². The molecule has 3 aromatic rings. The van der Waals surface area contributed by atoms with Crippen LogP contribution in [0.2, 0.25) is 0 Å². The molecule has 1 aromatic heterocycles. The lowest BCUT2D eigenvalue weighted by Crippen LogP contribution is -2.18. The average molecular weight is 405 g/mol. The first kappa shape index (κ1) is 21.0. The molecule has 0 unspecified atom stereocenters. The number of anilines is 1. The van der Waals surface area contributed by atoms with Crippen molar-refractivity contribution in [2.45, 2.75) is 20.8 Å². The minimum Gasteiger partial charge on any atom is -0.454 e. The van der Waals surface area contributed by atoms with Crippen LogP contribution in [0.5, 0.6) is 0 Å². The van der Waals surface area contributed by atoms with Gasteiger partial charge >= 0.3 is 5.97 Å².